The molecule has 0 aliphatic heterocycles. The van der Waals surface area contributed by atoms with Crippen LogP contribution in [0.2, 0.25) is 0 Å². The van der Waals surface area contributed by atoms with E-state index in [2.05, 4.69) is 16.9 Å². The molecule has 1 heterocycles. The lowest BCUT2D eigenvalue weighted by molar-refractivity contribution is -0.139. The smallest absolute Gasteiger partial charge is 0.326 e. The standard InChI is InChI=1S/C16H22N2O3/c1-2-3-4-5-6-7-8-14(16(20)21)18-15(19)13-9-11-17-12-10-13/h2,9-12,14H,1,3-8H2,(H,18,19)(H,20,21)/t14-/m0/s1. The highest BCUT2D eigenvalue weighted by molar-refractivity contribution is 5.96. The lowest BCUT2D eigenvalue weighted by Crippen LogP contribution is -2.40. The number of aliphatic carboxylic acids is 1. The van der Waals surface area contributed by atoms with Crippen LogP contribution in [0.4, 0.5) is 0 Å². The Bertz CT molecular complexity index is 460. The lowest BCUT2D eigenvalue weighted by Gasteiger charge is -2.14. The number of carbonyl (C=O) groups is 2. The normalized spacial score (nSPS) is 11.6. The number of aromatic nitrogens is 1. The van der Waals surface area contributed by atoms with Crippen LogP contribution in [0.25, 0.3) is 0 Å². The summed E-state index contributed by atoms with van der Waals surface area (Å²) in [4.78, 5) is 26.9. The Morgan fingerprint density at radius 3 is 2.52 bits per heavy atom. The quantitative estimate of drug-likeness (QED) is 0.513. The number of carbonyl (C=O) groups excluding carboxylic acids is 1. The Morgan fingerprint density at radius 1 is 1.24 bits per heavy atom. The number of hydrogen-bond donors (Lipinski definition) is 2. The molecule has 0 fully saturated rings. The minimum Gasteiger partial charge on any atom is -0.480 e. The van der Waals surface area contributed by atoms with E-state index in [0.717, 1.165) is 32.1 Å². The second-order valence-corrected chi connectivity index (χ2v) is 4.88. The van der Waals surface area contributed by atoms with E-state index < -0.39 is 12.0 Å². The molecule has 0 aromatic carbocycles. The molecular formula is C16H22N2O3. The first-order valence-electron chi connectivity index (χ1n) is 7.19. The minimum atomic E-state index is -0.997. The predicted molar refractivity (Wildman–Crippen MR) is 81.0 cm³/mol. The molecule has 21 heavy (non-hydrogen) atoms. The van der Waals surface area contributed by atoms with Crippen molar-refractivity contribution in [2.24, 2.45) is 0 Å². The van der Waals surface area contributed by atoms with Gasteiger partial charge in [0.2, 0.25) is 0 Å². The van der Waals surface area contributed by atoms with Gasteiger partial charge in [-0.15, -0.1) is 6.58 Å². The van der Waals surface area contributed by atoms with Crippen LogP contribution >= 0.6 is 0 Å². The van der Waals surface area contributed by atoms with Crippen molar-refractivity contribution in [2.75, 3.05) is 0 Å². The summed E-state index contributed by atoms with van der Waals surface area (Å²) in [6.45, 7) is 3.66. The fourth-order valence-corrected chi connectivity index (χ4v) is 1.99. The van der Waals surface area contributed by atoms with Crippen molar-refractivity contribution in [2.45, 2.75) is 44.6 Å². The second-order valence-electron chi connectivity index (χ2n) is 4.88. The molecule has 0 unspecified atom stereocenters. The molecule has 1 aromatic rings. The van der Waals surface area contributed by atoms with Gasteiger partial charge >= 0.3 is 5.97 Å². The maximum atomic E-state index is 11.9. The fourth-order valence-electron chi connectivity index (χ4n) is 1.99. The highest BCUT2D eigenvalue weighted by atomic mass is 16.4. The van der Waals surface area contributed by atoms with Gasteiger partial charge in [0.1, 0.15) is 6.04 Å². The van der Waals surface area contributed by atoms with E-state index in [-0.39, 0.29) is 5.91 Å². The van der Waals surface area contributed by atoms with Crippen LogP contribution in [-0.2, 0) is 4.79 Å². The molecular weight excluding hydrogens is 268 g/mol. The Morgan fingerprint density at radius 2 is 1.90 bits per heavy atom. The summed E-state index contributed by atoms with van der Waals surface area (Å²) in [5, 5.41) is 11.7. The van der Waals surface area contributed by atoms with Crippen LogP contribution in [-0.4, -0.2) is 28.0 Å². The van der Waals surface area contributed by atoms with Crippen LogP contribution < -0.4 is 5.32 Å². The van der Waals surface area contributed by atoms with Crippen LogP contribution in [0.1, 0.15) is 48.9 Å². The lowest BCUT2D eigenvalue weighted by atomic mass is 10.1. The van der Waals surface area contributed by atoms with Gasteiger partial charge in [0.05, 0.1) is 0 Å². The molecule has 0 aliphatic rings. The highest BCUT2D eigenvalue weighted by Gasteiger charge is 2.19. The third-order valence-electron chi connectivity index (χ3n) is 3.20. The van der Waals surface area contributed by atoms with Crippen molar-refractivity contribution in [1.82, 2.24) is 10.3 Å². The number of nitrogens with one attached hydrogen (secondary N) is 1. The van der Waals surface area contributed by atoms with Crippen molar-refractivity contribution in [1.29, 1.82) is 0 Å². The molecule has 0 saturated carbocycles. The highest BCUT2D eigenvalue weighted by Crippen LogP contribution is 2.09. The fraction of sp³-hybridized carbons (Fsp3) is 0.438. The molecule has 1 aromatic heterocycles. The zero-order chi connectivity index (χ0) is 15.5. The van der Waals surface area contributed by atoms with Gasteiger partial charge in [-0.25, -0.2) is 4.79 Å². The summed E-state index contributed by atoms with van der Waals surface area (Å²) < 4.78 is 0. The van der Waals surface area contributed by atoms with Gasteiger partial charge in [-0.1, -0.05) is 25.3 Å². The van der Waals surface area contributed by atoms with Crippen molar-refractivity contribution in [3.8, 4) is 0 Å². The molecule has 2 N–H and O–H groups in total. The number of allylic oxidation sites excluding steroid dienone is 1. The van der Waals surface area contributed by atoms with E-state index >= 15 is 0 Å². The van der Waals surface area contributed by atoms with Crippen molar-refractivity contribution in [3.63, 3.8) is 0 Å². The van der Waals surface area contributed by atoms with Gasteiger partial charge in [0.15, 0.2) is 0 Å². The summed E-state index contributed by atoms with van der Waals surface area (Å²) in [7, 11) is 0. The molecule has 0 saturated heterocycles. The zero-order valence-corrected chi connectivity index (χ0v) is 12.1. The molecule has 0 spiro atoms. The molecule has 1 rings (SSSR count). The molecule has 0 radical (unpaired) electrons. The van der Waals surface area contributed by atoms with Gasteiger partial charge in [-0.2, -0.15) is 0 Å². The number of unbranched alkanes of at least 4 members (excludes halogenated alkanes) is 4. The Hall–Kier alpha value is -2.17. The van der Waals surface area contributed by atoms with E-state index in [1.54, 1.807) is 12.1 Å². The molecule has 0 bridgehead atoms. The SMILES string of the molecule is C=CCCCCCC[C@H](NC(=O)c1ccncc1)C(=O)O. The number of rotatable bonds is 10. The van der Waals surface area contributed by atoms with Gasteiger partial charge in [0, 0.05) is 18.0 Å². The second kappa shape index (κ2) is 9.69. The Kier molecular flexibility index (Phi) is 7.79. The number of hydrogen-bond acceptors (Lipinski definition) is 3. The molecule has 5 nitrogen and oxygen atoms in total. The van der Waals surface area contributed by atoms with Gasteiger partial charge in [-0.3, -0.25) is 9.78 Å². The minimum absolute atomic E-state index is 0.378. The van der Waals surface area contributed by atoms with Crippen LogP contribution in [0, 0.1) is 0 Å². The van der Waals surface area contributed by atoms with Crippen LogP contribution in [0.15, 0.2) is 37.2 Å². The summed E-state index contributed by atoms with van der Waals surface area (Å²) in [6.07, 6.45) is 10.2. The maximum absolute atomic E-state index is 11.9. The molecule has 114 valence electrons. The van der Waals surface area contributed by atoms with Gasteiger partial charge in [0.25, 0.3) is 5.91 Å². The van der Waals surface area contributed by atoms with E-state index in [0.29, 0.717) is 12.0 Å². The topological polar surface area (TPSA) is 79.3 Å². The van der Waals surface area contributed by atoms with Gasteiger partial charge < -0.3 is 10.4 Å². The van der Waals surface area contributed by atoms with Crippen molar-refractivity contribution < 1.29 is 14.7 Å². The zero-order valence-electron chi connectivity index (χ0n) is 12.1. The van der Waals surface area contributed by atoms with E-state index in [9.17, 15) is 9.59 Å². The molecule has 5 heteroatoms. The predicted octanol–water partition coefficient (Wildman–Crippen LogP) is 2.79. The summed E-state index contributed by atoms with van der Waals surface area (Å²) in [5.74, 6) is -1.38. The Balaban J connectivity index is 2.38. The molecule has 1 atom stereocenters. The van der Waals surface area contributed by atoms with Crippen LogP contribution in [0.5, 0.6) is 0 Å². The van der Waals surface area contributed by atoms with Crippen molar-refractivity contribution in [3.05, 3.63) is 42.7 Å². The average Bonchev–Trinajstić information content (AvgIpc) is 2.50. The number of nitrogens with zero attached hydrogens (tertiary/aromatic N) is 1. The largest absolute Gasteiger partial charge is 0.480 e. The van der Waals surface area contributed by atoms with Crippen molar-refractivity contribution >= 4 is 11.9 Å². The maximum Gasteiger partial charge on any atom is 0.326 e. The first-order chi connectivity index (χ1) is 10.1. The number of pyridine rings is 1. The first kappa shape index (κ1) is 16.9. The third-order valence-corrected chi connectivity index (χ3v) is 3.20. The number of carboxylic acid groups (broad SMARTS) is 1. The molecule has 0 aliphatic carbocycles. The summed E-state index contributed by atoms with van der Waals surface area (Å²) in [6, 6.07) is 2.28. The monoisotopic (exact) mass is 290 g/mol. The number of amides is 1. The van der Waals surface area contributed by atoms with Gasteiger partial charge in [-0.05, 0) is 31.4 Å². The first-order valence-corrected chi connectivity index (χ1v) is 7.19. The Labute approximate surface area is 125 Å². The van der Waals surface area contributed by atoms with E-state index in [1.807, 2.05) is 6.08 Å². The number of carboxylic acids is 1. The molecule has 1 amide bonds. The summed E-state index contributed by atoms with van der Waals surface area (Å²) >= 11 is 0. The third kappa shape index (κ3) is 6.70. The van der Waals surface area contributed by atoms with E-state index in [4.69, 9.17) is 5.11 Å². The summed E-state index contributed by atoms with van der Waals surface area (Å²) in [5.41, 5.74) is 0.419. The van der Waals surface area contributed by atoms with Crippen LogP contribution in [0.3, 0.4) is 0 Å². The van der Waals surface area contributed by atoms with E-state index in [1.165, 1.54) is 12.4 Å². The average molecular weight is 290 g/mol.